The van der Waals surface area contributed by atoms with Gasteiger partial charge in [0.2, 0.25) is 0 Å². The molecule has 0 unspecified atom stereocenters. The Labute approximate surface area is 501 Å². The lowest BCUT2D eigenvalue weighted by molar-refractivity contribution is 0.228. The second-order valence-corrected chi connectivity index (χ2v) is 20.8. The number of phenolic OH excluding ortho intramolecular Hbond substituents is 4. The van der Waals surface area contributed by atoms with Crippen molar-refractivity contribution in [2.45, 2.75) is 78.5 Å². The van der Waals surface area contributed by atoms with Crippen LogP contribution >= 0.6 is 0 Å². The smallest absolute Gasteiger partial charge is 0.132 e. The fraction of sp³-hybridized carbons (Fsp3) is 0.206. The van der Waals surface area contributed by atoms with Crippen LogP contribution in [0.15, 0.2) is 217 Å². The predicted molar refractivity (Wildman–Crippen MR) is 330 cm³/mol. The fourth-order valence-electron chi connectivity index (χ4n) is 10.2. The van der Waals surface area contributed by atoms with Crippen LogP contribution in [0.25, 0.3) is 0 Å². The number of nitrogens with zero attached hydrogens (tertiary/aromatic N) is 14. The molecule has 0 spiro atoms. The first-order valence-electron chi connectivity index (χ1n) is 28.5. The maximum Gasteiger partial charge on any atom is 0.132 e. The molecule has 18 heteroatoms. The van der Waals surface area contributed by atoms with E-state index in [2.05, 4.69) is 59.5 Å². The van der Waals surface area contributed by atoms with Crippen molar-refractivity contribution >= 4 is 12.4 Å². The summed E-state index contributed by atoms with van der Waals surface area (Å²) in [5.74, 6) is -0.297. The standard InChI is InChI=1S/C68H68N14O4/c83-65-51(35-53(39-79(41-55-17-1-9-25-71-55)42-56-18-2-10-26-72-56)67(85)63(65)49-81(45-59-21-5-13-29-75-59)46-60-22-6-14-30-76-60)37-69-33-34-70-38-52-36-54(40-80(43-57-19-3-11-27-73-57)44-58-20-4-12-28-74-58)68(86)64(66(52)84)50-82(47-61-23-7-15-31-77-61)48-62-24-8-16-32-78-62/h1-32,35-38,83-86H,33-34,39-50H2. The first-order valence-corrected chi connectivity index (χ1v) is 28.5. The van der Waals surface area contributed by atoms with E-state index in [0.717, 1.165) is 45.6 Å². The highest BCUT2D eigenvalue weighted by molar-refractivity contribution is 5.86. The summed E-state index contributed by atoms with van der Waals surface area (Å²) in [5.41, 5.74) is 9.29. The van der Waals surface area contributed by atoms with Crippen molar-refractivity contribution in [3.05, 3.63) is 286 Å². The number of hydrogen-bond acceptors (Lipinski definition) is 18. The molecule has 0 fully saturated rings. The molecule has 0 saturated carbocycles. The number of aromatic hydroxyl groups is 4. The second-order valence-electron chi connectivity index (χ2n) is 20.8. The first-order chi connectivity index (χ1) is 42.3. The normalized spacial score (nSPS) is 11.7. The number of phenols is 4. The van der Waals surface area contributed by atoms with Gasteiger partial charge in [0.1, 0.15) is 23.0 Å². The van der Waals surface area contributed by atoms with Crippen molar-refractivity contribution in [2.24, 2.45) is 9.98 Å². The lowest BCUT2D eigenvalue weighted by Gasteiger charge is -2.26. The van der Waals surface area contributed by atoms with Crippen LogP contribution in [0.3, 0.4) is 0 Å². The zero-order valence-corrected chi connectivity index (χ0v) is 47.7. The minimum Gasteiger partial charge on any atom is -0.507 e. The van der Waals surface area contributed by atoms with Gasteiger partial charge in [-0.2, -0.15) is 0 Å². The monoisotopic (exact) mass is 1140 g/mol. The third-order valence-electron chi connectivity index (χ3n) is 14.2. The molecule has 18 nitrogen and oxygen atoms in total. The summed E-state index contributed by atoms with van der Waals surface area (Å²) in [7, 11) is 0. The Kier molecular flexibility index (Phi) is 21.0. The van der Waals surface area contributed by atoms with Crippen LogP contribution < -0.4 is 0 Å². The van der Waals surface area contributed by atoms with E-state index < -0.39 is 0 Å². The Balaban J connectivity index is 0.960. The lowest BCUT2D eigenvalue weighted by atomic mass is 10.0. The van der Waals surface area contributed by atoms with Crippen LogP contribution in [0.5, 0.6) is 23.0 Å². The molecule has 0 saturated heterocycles. The van der Waals surface area contributed by atoms with Crippen molar-refractivity contribution in [2.75, 3.05) is 13.1 Å². The van der Waals surface area contributed by atoms with Gasteiger partial charge in [-0.05, 0) is 109 Å². The molecule has 4 N–H and O–H groups in total. The van der Waals surface area contributed by atoms with Gasteiger partial charge in [-0.3, -0.25) is 69.5 Å². The summed E-state index contributed by atoms with van der Waals surface area (Å²) < 4.78 is 0. The zero-order valence-electron chi connectivity index (χ0n) is 47.7. The van der Waals surface area contributed by atoms with Gasteiger partial charge in [-0.25, -0.2) is 0 Å². The number of pyridine rings is 8. The Morgan fingerprint density at radius 1 is 0.279 bits per heavy atom. The number of aromatic nitrogens is 8. The number of benzene rings is 2. The SMILES string of the molecule is Oc1c(C=NCCN=Cc2cc(CN(Cc3ccccn3)Cc3ccccn3)c(O)c(CN(Cc3ccccn3)Cc3ccccn3)c2O)cc(CN(Cc2ccccn2)Cc2ccccn2)c(O)c1CN(Cc1ccccn1)Cc1ccccn1. The molecule has 2 aromatic carbocycles. The van der Waals surface area contributed by atoms with E-state index in [4.69, 9.17) is 9.98 Å². The topological polar surface area (TPSA) is 222 Å². The van der Waals surface area contributed by atoms with E-state index in [1.807, 2.05) is 146 Å². The Bertz CT molecular complexity index is 3320. The molecule has 0 aliphatic carbocycles. The third-order valence-corrected chi connectivity index (χ3v) is 14.2. The molecule has 10 rings (SSSR count). The maximum absolute atomic E-state index is 12.4. The molecule has 0 aliphatic rings. The molecular formula is C68H68N14O4. The minimum absolute atomic E-state index is 0.0380. The van der Waals surface area contributed by atoms with Crippen molar-refractivity contribution in [3.63, 3.8) is 0 Å². The van der Waals surface area contributed by atoms with Crippen LogP contribution in [-0.4, -0.2) is 105 Å². The molecule has 434 valence electrons. The summed E-state index contributed by atoms with van der Waals surface area (Å²) in [6.07, 6.45) is 17.3. The van der Waals surface area contributed by atoms with Crippen LogP contribution in [0.1, 0.15) is 78.9 Å². The highest BCUT2D eigenvalue weighted by Gasteiger charge is 2.25. The molecule has 86 heavy (non-hydrogen) atoms. The number of hydrogen-bond donors (Lipinski definition) is 4. The van der Waals surface area contributed by atoms with Gasteiger partial charge >= 0.3 is 0 Å². The molecule has 0 amide bonds. The van der Waals surface area contributed by atoms with E-state index in [1.54, 1.807) is 74.1 Å². The molecule has 10 aromatic rings. The van der Waals surface area contributed by atoms with Crippen LogP contribution in [0.2, 0.25) is 0 Å². The minimum atomic E-state index is -0.110. The number of aliphatic imine (C=N–C) groups is 2. The third kappa shape index (κ3) is 17.3. The number of rotatable bonds is 29. The van der Waals surface area contributed by atoms with Crippen molar-refractivity contribution < 1.29 is 20.4 Å². The van der Waals surface area contributed by atoms with E-state index in [0.29, 0.717) is 85.7 Å². The van der Waals surface area contributed by atoms with Crippen molar-refractivity contribution in [3.8, 4) is 23.0 Å². The summed E-state index contributed by atoms with van der Waals surface area (Å²) in [6.45, 7) is 4.78. The maximum atomic E-state index is 12.4. The summed E-state index contributed by atoms with van der Waals surface area (Å²) in [4.78, 5) is 55.0. The second kappa shape index (κ2) is 30.5. The van der Waals surface area contributed by atoms with Crippen LogP contribution in [-0.2, 0) is 78.5 Å². The van der Waals surface area contributed by atoms with Gasteiger partial charge in [0.15, 0.2) is 0 Å². The van der Waals surface area contributed by atoms with Gasteiger partial charge in [0.05, 0.1) is 69.8 Å². The van der Waals surface area contributed by atoms with Crippen molar-refractivity contribution in [1.29, 1.82) is 0 Å². The van der Waals surface area contributed by atoms with Gasteiger partial charge < -0.3 is 20.4 Å². The molecule has 0 aliphatic heterocycles. The van der Waals surface area contributed by atoms with Gasteiger partial charge in [-0.15, -0.1) is 0 Å². The predicted octanol–water partition coefficient (Wildman–Crippen LogP) is 10.0. The average molecular weight is 1150 g/mol. The summed E-state index contributed by atoms with van der Waals surface area (Å²) in [6, 6.07) is 49.8. The molecule has 8 heterocycles. The largest absolute Gasteiger partial charge is 0.507 e. The van der Waals surface area contributed by atoms with E-state index >= 15 is 0 Å². The zero-order chi connectivity index (χ0) is 59.1. The van der Waals surface area contributed by atoms with E-state index in [1.165, 1.54) is 0 Å². The Morgan fingerprint density at radius 3 is 0.709 bits per heavy atom. The highest BCUT2D eigenvalue weighted by atomic mass is 16.3. The van der Waals surface area contributed by atoms with Crippen molar-refractivity contribution in [1.82, 2.24) is 59.5 Å². The van der Waals surface area contributed by atoms with E-state index in [9.17, 15) is 20.4 Å². The highest BCUT2D eigenvalue weighted by Crippen LogP contribution is 2.38. The molecule has 8 aromatic heterocycles. The molecule has 0 radical (unpaired) electrons. The molecular weight excluding hydrogens is 1080 g/mol. The van der Waals surface area contributed by atoms with E-state index in [-0.39, 0.29) is 62.3 Å². The molecule has 0 atom stereocenters. The van der Waals surface area contributed by atoms with Gasteiger partial charge in [0.25, 0.3) is 0 Å². The molecule has 0 bridgehead atoms. The van der Waals surface area contributed by atoms with Crippen LogP contribution in [0, 0.1) is 0 Å². The Morgan fingerprint density at radius 2 is 0.500 bits per heavy atom. The lowest BCUT2D eigenvalue weighted by Crippen LogP contribution is -2.25. The summed E-state index contributed by atoms with van der Waals surface area (Å²) in [5, 5.41) is 49.2. The fourth-order valence-corrected chi connectivity index (χ4v) is 10.2. The first kappa shape index (κ1) is 59.2. The van der Waals surface area contributed by atoms with Crippen LogP contribution in [0.4, 0.5) is 0 Å². The quantitative estimate of drug-likeness (QED) is 0.0253. The summed E-state index contributed by atoms with van der Waals surface area (Å²) >= 11 is 0. The van der Waals surface area contributed by atoms with Gasteiger partial charge in [-0.1, -0.05) is 48.5 Å². The Hall–Kier alpha value is -9.98. The van der Waals surface area contributed by atoms with Gasteiger partial charge in [0, 0.05) is 163 Å². The average Bonchev–Trinajstić information content (AvgIpc) is 2.05.